The van der Waals surface area contributed by atoms with E-state index in [4.69, 9.17) is 9.47 Å². The molecule has 0 aliphatic rings. The summed E-state index contributed by atoms with van der Waals surface area (Å²) < 4.78 is 12.9. The summed E-state index contributed by atoms with van der Waals surface area (Å²) >= 11 is 0. The van der Waals surface area contributed by atoms with Crippen molar-refractivity contribution in [2.75, 3.05) is 26.1 Å². The van der Waals surface area contributed by atoms with Crippen LogP contribution in [-0.2, 0) is 22.7 Å². The van der Waals surface area contributed by atoms with E-state index in [9.17, 15) is 19.2 Å². The number of amides is 2. The highest BCUT2D eigenvalue weighted by molar-refractivity contribution is 5.92. The molecule has 0 radical (unpaired) electrons. The van der Waals surface area contributed by atoms with E-state index in [1.165, 1.54) is 18.8 Å². The van der Waals surface area contributed by atoms with Crippen LogP contribution < -0.4 is 31.4 Å². The first-order valence-electron chi connectivity index (χ1n) is 12.3. The fourth-order valence-electron chi connectivity index (χ4n) is 3.94. The van der Waals surface area contributed by atoms with Crippen molar-refractivity contribution in [1.82, 2.24) is 14.5 Å². The first kappa shape index (κ1) is 27.5. The van der Waals surface area contributed by atoms with Crippen LogP contribution in [0.4, 0.5) is 5.69 Å². The summed E-state index contributed by atoms with van der Waals surface area (Å²) in [5.41, 5.74) is -0.134. The number of methoxy groups -OCH3 is 2. The number of para-hydroxylation sites is 1. The zero-order chi connectivity index (χ0) is 26.9. The molecular weight excluding hydrogens is 476 g/mol. The second-order valence-electron chi connectivity index (χ2n) is 9.12. The third-order valence-electron chi connectivity index (χ3n) is 5.84. The topological polar surface area (TPSA) is 121 Å². The van der Waals surface area contributed by atoms with Crippen molar-refractivity contribution in [2.45, 2.75) is 46.2 Å². The number of rotatable bonds is 12. The molecule has 0 bridgehead atoms. The van der Waals surface area contributed by atoms with E-state index in [0.717, 1.165) is 4.57 Å². The number of anilines is 1. The van der Waals surface area contributed by atoms with Gasteiger partial charge in [0, 0.05) is 31.3 Å². The number of carbonyl (C=O) groups excluding carboxylic acids is 2. The Hall–Kier alpha value is -4.08. The smallest absolute Gasteiger partial charge is 0.331 e. The second-order valence-corrected chi connectivity index (χ2v) is 9.12. The Kier molecular flexibility index (Phi) is 9.48. The van der Waals surface area contributed by atoms with E-state index in [0.29, 0.717) is 59.8 Å². The van der Waals surface area contributed by atoms with Crippen LogP contribution in [0, 0.1) is 5.92 Å². The van der Waals surface area contributed by atoms with Gasteiger partial charge in [0.05, 0.1) is 25.1 Å². The molecule has 0 aliphatic carbocycles. The van der Waals surface area contributed by atoms with Crippen molar-refractivity contribution >= 4 is 28.4 Å². The highest BCUT2D eigenvalue weighted by Crippen LogP contribution is 2.29. The summed E-state index contributed by atoms with van der Waals surface area (Å²) in [6.07, 6.45) is 1.32. The molecule has 37 heavy (non-hydrogen) atoms. The van der Waals surface area contributed by atoms with E-state index < -0.39 is 17.2 Å². The Balaban J connectivity index is 1.79. The van der Waals surface area contributed by atoms with Crippen molar-refractivity contribution in [1.29, 1.82) is 0 Å². The normalized spacial score (nSPS) is 10.9. The van der Waals surface area contributed by atoms with Gasteiger partial charge >= 0.3 is 5.69 Å². The molecule has 2 N–H and O–H groups in total. The van der Waals surface area contributed by atoms with E-state index in [-0.39, 0.29) is 19.0 Å². The number of benzene rings is 2. The summed E-state index contributed by atoms with van der Waals surface area (Å²) in [7, 11) is 3.01. The fraction of sp³-hybridized carbons (Fsp3) is 0.407. The van der Waals surface area contributed by atoms with Crippen LogP contribution in [0.25, 0.3) is 10.9 Å². The van der Waals surface area contributed by atoms with E-state index in [1.807, 2.05) is 13.8 Å². The monoisotopic (exact) mass is 510 g/mol. The molecule has 2 aromatic carbocycles. The van der Waals surface area contributed by atoms with Crippen LogP contribution in [0.5, 0.6) is 11.5 Å². The van der Waals surface area contributed by atoms with Crippen molar-refractivity contribution < 1.29 is 19.1 Å². The Morgan fingerprint density at radius 2 is 1.65 bits per heavy atom. The van der Waals surface area contributed by atoms with Crippen LogP contribution in [0.15, 0.2) is 52.1 Å². The van der Waals surface area contributed by atoms with Gasteiger partial charge in [0.2, 0.25) is 11.8 Å². The van der Waals surface area contributed by atoms with Gasteiger partial charge in [-0.2, -0.15) is 0 Å². The standard InChI is InChI=1S/C27H34N4O6/c1-18(2)16-28-24(32)11-7-8-14-30-26(34)20-9-5-6-10-21(20)31(27(30)35)17-25(33)29-19-12-13-22(36-3)23(15-19)37-4/h5-6,9-10,12-13,15,18H,7-8,11,14,16-17H2,1-4H3,(H,28,32)(H,29,33). The van der Waals surface area contributed by atoms with E-state index in [1.54, 1.807) is 42.5 Å². The number of carbonyl (C=O) groups is 2. The highest BCUT2D eigenvalue weighted by Gasteiger charge is 2.16. The third kappa shape index (κ3) is 6.99. The number of fused-ring (bicyclic) bond motifs is 1. The van der Waals surface area contributed by atoms with Crippen molar-refractivity contribution in [3.63, 3.8) is 0 Å². The Labute approximate surface area is 215 Å². The maximum absolute atomic E-state index is 13.3. The molecule has 1 heterocycles. The maximum Gasteiger partial charge on any atom is 0.331 e. The first-order valence-corrected chi connectivity index (χ1v) is 12.3. The highest BCUT2D eigenvalue weighted by atomic mass is 16.5. The number of unbranched alkanes of at least 4 members (excludes halogenated alkanes) is 1. The number of nitrogens with zero attached hydrogens (tertiary/aromatic N) is 2. The van der Waals surface area contributed by atoms with Crippen molar-refractivity contribution in [3.8, 4) is 11.5 Å². The molecule has 0 aliphatic heterocycles. The largest absolute Gasteiger partial charge is 0.493 e. The van der Waals surface area contributed by atoms with Gasteiger partial charge in [-0.25, -0.2) is 4.79 Å². The predicted molar refractivity (Wildman–Crippen MR) is 142 cm³/mol. The van der Waals surface area contributed by atoms with Crippen molar-refractivity contribution in [3.05, 3.63) is 63.3 Å². The van der Waals surface area contributed by atoms with Gasteiger partial charge in [-0.05, 0) is 43.0 Å². The van der Waals surface area contributed by atoms with Crippen LogP contribution >= 0.6 is 0 Å². The lowest BCUT2D eigenvalue weighted by Gasteiger charge is -2.15. The number of nitrogens with one attached hydrogen (secondary N) is 2. The van der Waals surface area contributed by atoms with E-state index in [2.05, 4.69) is 10.6 Å². The molecule has 0 saturated carbocycles. The molecular formula is C27H34N4O6. The number of hydrogen-bond acceptors (Lipinski definition) is 6. The Morgan fingerprint density at radius 1 is 0.919 bits per heavy atom. The first-order chi connectivity index (χ1) is 17.7. The predicted octanol–water partition coefficient (Wildman–Crippen LogP) is 2.76. The lowest BCUT2D eigenvalue weighted by Crippen LogP contribution is -2.41. The van der Waals surface area contributed by atoms with Gasteiger partial charge in [-0.3, -0.25) is 23.5 Å². The average molecular weight is 511 g/mol. The second kappa shape index (κ2) is 12.8. The molecule has 1 aromatic heterocycles. The Morgan fingerprint density at radius 3 is 2.35 bits per heavy atom. The zero-order valence-electron chi connectivity index (χ0n) is 21.7. The molecule has 3 aromatic rings. The van der Waals surface area contributed by atoms with Gasteiger partial charge in [-0.15, -0.1) is 0 Å². The quantitative estimate of drug-likeness (QED) is 0.362. The molecule has 3 rings (SSSR count). The number of ether oxygens (including phenoxy) is 2. The lowest BCUT2D eigenvalue weighted by molar-refractivity contribution is -0.121. The van der Waals surface area contributed by atoms with Gasteiger partial charge in [0.1, 0.15) is 6.54 Å². The number of aromatic nitrogens is 2. The minimum atomic E-state index is -0.574. The molecule has 2 amide bonds. The van der Waals surface area contributed by atoms with Gasteiger partial charge in [-0.1, -0.05) is 26.0 Å². The summed E-state index contributed by atoms with van der Waals surface area (Å²) in [5.74, 6) is 0.847. The third-order valence-corrected chi connectivity index (χ3v) is 5.84. The molecule has 0 atom stereocenters. The molecule has 0 fully saturated rings. The van der Waals surface area contributed by atoms with Gasteiger partial charge < -0.3 is 20.1 Å². The van der Waals surface area contributed by atoms with Crippen molar-refractivity contribution in [2.24, 2.45) is 5.92 Å². The average Bonchev–Trinajstić information content (AvgIpc) is 2.89. The summed E-state index contributed by atoms with van der Waals surface area (Å²) in [5, 5.41) is 5.96. The van der Waals surface area contributed by atoms with Gasteiger partial charge in [0.25, 0.3) is 5.56 Å². The van der Waals surface area contributed by atoms with Crippen LogP contribution in [0.3, 0.4) is 0 Å². The zero-order valence-corrected chi connectivity index (χ0v) is 21.7. The van der Waals surface area contributed by atoms with Crippen LogP contribution in [0.2, 0.25) is 0 Å². The molecule has 198 valence electrons. The van der Waals surface area contributed by atoms with Crippen LogP contribution in [-0.4, -0.2) is 41.7 Å². The number of hydrogen-bond donors (Lipinski definition) is 2. The summed E-state index contributed by atoms with van der Waals surface area (Å²) in [6.45, 7) is 4.51. The lowest BCUT2D eigenvalue weighted by atomic mass is 10.2. The van der Waals surface area contributed by atoms with Crippen LogP contribution in [0.1, 0.15) is 33.1 Å². The molecule has 10 heteroatoms. The fourth-order valence-corrected chi connectivity index (χ4v) is 3.94. The molecule has 0 unspecified atom stereocenters. The summed E-state index contributed by atoms with van der Waals surface area (Å²) in [4.78, 5) is 51.2. The molecule has 10 nitrogen and oxygen atoms in total. The summed E-state index contributed by atoms with van der Waals surface area (Å²) in [6, 6.07) is 11.7. The molecule has 0 saturated heterocycles. The minimum absolute atomic E-state index is 0.0520. The Bertz CT molecular complexity index is 1380. The minimum Gasteiger partial charge on any atom is -0.493 e. The molecule has 0 spiro atoms. The maximum atomic E-state index is 13.3. The SMILES string of the molecule is COc1ccc(NC(=O)Cn2c(=O)n(CCCCC(=O)NCC(C)C)c(=O)c3ccccc32)cc1OC. The van der Waals surface area contributed by atoms with Gasteiger partial charge in [0.15, 0.2) is 11.5 Å². The van der Waals surface area contributed by atoms with E-state index >= 15 is 0 Å².